The molecule has 0 aromatic heterocycles. The summed E-state index contributed by atoms with van der Waals surface area (Å²) in [5.74, 6) is 0.890. The summed E-state index contributed by atoms with van der Waals surface area (Å²) in [7, 11) is 0. The number of para-hydroxylation sites is 1. The van der Waals surface area contributed by atoms with Crippen LogP contribution in [0.4, 0.5) is 0 Å². The molecule has 0 saturated heterocycles. The maximum atomic E-state index is 12.6. The van der Waals surface area contributed by atoms with E-state index < -0.39 is 0 Å². The normalized spacial score (nSPS) is 27.5. The van der Waals surface area contributed by atoms with Gasteiger partial charge in [0, 0.05) is 17.5 Å². The Bertz CT molecular complexity index is 561. The van der Waals surface area contributed by atoms with Gasteiger partial charge in [0.05, 0.1) is 17.5 Å². The van der Waals surface area contributed by atoms with Crippen LogP contribution in [-0.2, 0) is 4.79 Å². The molecule has 1 aromatic carbocycles. The van der Waals surface area contributed by atoms with Crippen LogP contribution in [0.15, 0.2) is 24.3 Å². The van der Waals surface area contributed by atoms with Gasteiger partial charge in [-0.2, -0.15) is 0 Å². The number of ether oxygens (including phenoxy) is 1. The predicted molar refractivity (Wildman–Crippen MR) is 85.4 cm³/mol. The monoisotopic (exact) mass is 304 g/mol. The molecule has 3 rings (SSSR count). The molecule has 3 unspecified atom stereocenters. The van der Waals surface area contributed by atoms with Crippen LogP contribution in [0, 0.1) is 5.92 Å². The topological polar surface area (TPSA) is 64.3 Å². The highest BCUT2D eigenvalue weighted by molar-refractivity contribution is 7.80. The molecule has 112 valence electrons. The van der Waals surface area contributed by atoms with E-state index in [0.717, 1.165) is 30.6 Å². The van der Waals surface area contributed by atoms with Gasteiger partial charge in [-0.15, -0.1) is 0 Å². The minimum atomic E-state index is -0.137. The van der Waals surface area contributed by atoms with Gasteiger partial charge in [0.2, 0.25) is 5.91 Å². The molecule has 1 aliphatic heterocycles. The van der Waals surface area contributed by atoms with Crippen LogP contribution in [0.5, 0.6) is 5.75 Å². The van der Waals surface area contributed by atoms with E-state index in [1.807, 2.05) is 24.3 Å². The molecule has 3 N–H and O–H groups in total. The number of fused-ring (bicyclic) bond motifs is 1. The summed E-state index contributed by atoms with van der Waals surface area (Å²) in [6, 6.07) is 7.85. The molecule has 1 heterocycles. The van der Waals surface area contributed by atoms with E-state index in [9.17, 15) is 4.79 Å². The summed E-state index contributed by atoms with van der Waals surface area (Å²) in [6.07, 6.45) is 3.72. The van der Waals surface area contributed by atoms with Gasteiger partial charge in [-0.3, -0.25) is 4.79 Å². The quantitative estimate of drug-likeness (QED) is 0.840. The van der Waals surface area contributed by atoms with Crippen molar-refractivity contribution in [3.63, 3.8) is 0 Å². The Kier molecular flexibility index (Phi) is 4.10. The van der Waals surface area contributed by atoms with Gasteiger partial charge in [-0.25, -0.2) is 0 Å². The summed E-state index contributed by atoms with van der Waals surface area (Å²) in [6.45, 7) is 0.582. The summed E-state index contributed by atoms with van der Waals surface area (Å²) in [5, 5.41) is 3.16. The van der Waals surface area contributed by atoms with Crippen molar-refractivity contribution in [3.05, 3.63) is 29.8 Å². The van der Waals surface area contributed by atoms with Gasteiger partial charge in [0.15, 0.2) is 0 Å². The average molecular weight is 304 g/mol. The van der Waals surface area contributed by atoms with E-state index in [-0.39, 0.29) is 23.8 Å². The predicted octanol–water partition coefficient (Wildman–Crippen LogP) is 2.12. The zero-order chi connectivity index (χ0) is 14.8. The molecule has 1 amide bonds. The largest absolute Gasteiger partial charge is 0.493 e. The molecule has 1 aliphatic carbocycles. The van der Waals surface area contributed by atoms with E-state index >= 15 is 0 Å². The summed E-state index contributed by atoms with van der Waals surface area (Å²) < 4.78 is 5.61. The lowest BCUT2D eigenvalue weighted by Crippen LogP contribution is -2.44. The van der Waals surface area contributed by atoms with E-state index in [1.165, 1.54) is 0 Å². The van der Waals surface area contributed by atoms with Crippen molar-refractivity contribution in [2.75, 3.05) is 6.61 Å². The second-order valence-electron chi connectivity index (χ2n) is 5.78. The lowest BCUT2D eigenvalue weighted by atomic mass is 9.91. The third-order valence-electron chi connectivity index (χ3n) is 4.48. The fourth-order valence-electron chi connectivity index (χ4n) is 3.37. The molecule has 4 nitrogen and oxygen atoms in total. The molecule has 0 bridgehead atoms. The molecule has 0 radical (unpaired) electrons. The highest BCUT2D eigenvalue weighted by Gasteiger charge is 2.34. The van der Waals surface area contributed by atoms with Crippen molar-refractivity contribution >= 4 is 23.1 Å². The number of nitrogens with one attached hydrogen (secondary N) is 1. The zero-order valence-electron chi connectivity index (χ0n) is 11.9. The van der Waals surface area contributed by atoms with Crippen molar-refractivity contribution in [2.45, 2.75) is 37.6 Å². The van der Waals surface area contributed by atoms with Crippen molar-refractivity contribution in [2.24, 2.45) is 11.7 Å². The van der Waals surface area contributed by atoms with Gasteiger partial charge >= 0.3 is 0 Å². The zero-order valence-corrected chi connectivity index (χ0v) is 12.7. The van der Waals surface area contributed by atoms with Gasteiger partial charge in [0.1, 0.15) is 5.75 Å². The second kappa shape index (κ2) is 6.02. The van der Waals surface area contributed by atoms with Crippen LogP contribution in [-0.4, -0.2) is 23.5 Å². The third kappa shape index (κ3) is 2.88. The lowest BCUT2D eigenvalue weighted by Gasteiger charge is -2.27. The fourth-order valence-corrected chi connectivity index (χ4v) is 3.65. The highest BCUT2D eigenvalue weighted by Crippen LogP contribution is 2.34. The molecule has 21 heavy (non-hydrogen) atoms. The van der Waals surface area contributed by atoms with Crippen molar-refractivity contribution in [1.82, 2.24) is 5.32 Å². The standard InChI is InChI=1S/C16H20N2O2S/c17-15(21)12-5-3-6-13(12)18-16(19)11-8-9-20-14-7-2-1-4-10(11)14/h1-2,4,7,11-13H,3,5-6,8-9H2,(H2,17,21)(H,18,19). The number of hydrogen-bond acceptors (Lipinski definition) is 3. The number of carbonyl (C=O) groups is 1. The summed E-state index contributed by atoms with van der Waals surface area (Å²) >= 11 is 5.11. The van der Waals surface area contributed by atoms with Gasteiger partial charge in [-0.05, 0) is 25.3 Å². The highest BCUT2D eigenvalue weighted by atomic mass is 32.1. The third-order valence-corrected chi connectivity index (χ3v) is 4.79. The molecule has 5 heteroatoms. The lowest BCUT2D eigenvalue weighted by molar-refractivity contribution is -0.124. The van der Waals surface area contributed by atoms with E-state index in [1.54, 1.807) is 0 Å². The van der Waals surface area contributed by atoms with Crippen LogP contribution in [0.2, 0.25) is 0 Å². The van der Waals surface area contributed by atoms with Crippen molar-refractivity contribution in [3.8, 4) is 5.75 Å². The average Bonchev–Trinajstić information content (AvgIpc) is 2.95. The molecule has 1 saturated carbocycles. The van der Waals surface area contributed by atoms with E-state index in [4.69, 9.17) is 22.7 Å². The van der Waals surface area contributed by atoms with Crippen molar-refractivity contribution in [1.29, 1.82) is 0 Å². The van der Waals surface area contributed by atoms with E-state index in [2.05, 4.69) is 5.32 Å². The molecular weight excluding hydrogens is 284 g/mol. The summed E-state index contributed by atoms with van der Waals surface area (Å²) in [5.41, 5.74) is 6.76. The Morgan fingerprint density at radius 1 is 1.29 bits per heavy atom. The Morgan fingerprint density at radius 3 is 2.90 bits per heavy atom. The first-order chi connectivity index (χ1) is 10.2. The Morgan fingerprint density at radius 2 is 2.10 bits per heavy atom. The number of rotatable bonds is 3. The van der Waals surface area contributed by atoms with Crippen LogP contribution >= 0.6 is 12.2 Å². The maximum Gasteiger partial charge on any atom is 0.228 e. The Hall–Kier alpha value is -1.62. The second-order valence-corrected chi connectivity index (χ2v) is 6.25. The molecular formula is C16H20N2O2S. The number of nitrogens with two attached hydrogens (primary N) is 1. The first kappa shape index (κ1) is 14.3. The molecule has 1 fully saturated rings. The van der Waals surface area contributed by atoms with Gasteiger partial charge in [0.25, 0.3) is 0 Å². The smallest absolute Gasteiger partial charge is 0.228 e. The Labute approximate surface area is 130 Å². The fraction of sp³-hybridized carbons (Fsp3) is 0.500. The van der Waals surface area contributed by atoms with Crippen LogP contribution in [0.3, 0.4) is 0 Å². The minimum Gasteiger partial charge on any atom is -0.493 e. The number of benzene rings is 1. The van der Waals surface area contributed by atoms with Gasteiger partial charge < -0.3 is 15.8 Å². The molecule has 3 atom stereocenters. The van der Waals surface area contributed by atoms with Crippen LogP contribution < -0.4 is 15.8 Å². The number of amides is 1. The van der Waals surface area contributed by atoms with Crippen molar-refractivity contribution < 1.29 is 9.53 Å². The first-order valence-corrected chi connectivity index (χ1v) is 7.89. The van der Waals surface area contributed by atoms with Crippen LogP contribution in [0.25, 0.3) is 0 Å². The first-order valence-electron chi connectivity index (χ1n) is 7.48. The Balaban J connectivity index is 1.73. The molecule has 1 aromatic rings. The SMILES string of the molecule is NC(=S)C1CCCC1NC(=O)C1CCOc2ccccc21. The molecule has 0 spiro atoms. The van der Waals surface area contributed by atoms with Gasteiger partial charge in [-0.1, -0.05) is 36.8 Å². The minimum absolute atomic E-state index is 0.0684. The van der Waals surface area contributed by atoms with E-state index in [0.29, 0.717) is 18.0 Å². The van der Waals surface area contributed by atoms with Crippen LogP contribution in [0.1, 0.15) is 37.2 Å². The molecule has 2 aliphatic rings. The number of hydrogen-bond donors (Lipinski definition) is 2. The number of carbonyl (C=O) groups excluding carboxylic acids is 1. The maximum absolute atomic E-state index is 12.6. The summed E-state index contributed by atoms with van der Waals surface area (Å²) in [4.78, 5) is 13.2. The number of thiocarbonyl (C=S) groups is 1.